The van der Waals surface area contributed by atoms with Gasteiger partial charge in [-0.05, 0) is 37.1 Å². The monoisotopic (exact) mass is 527 g/mol. The van der Waals surface area contributed by atoms with Gasteiger partial charge in [0.2, 0.25) is 0 Å². The Labute approximate surface area is 182 Å². The van der Waals surface area contributed by atoms with Crippen LogP contribution >= 0.6 is 35.3 Å². The second-order valence-corrected chi connectivity index (χ2v) is 6.87. The van der Waals surface area contributed by atoms with Crippen LogP contribution < -0.4 is 20.7 Å². The number of rotatable bonds is 6. The van der Waals surface area contributed by atoms with E-state index in [0.29, 0.717) is 18.7 Å². The number of nitrogens with one attached hydrogen (secondary N) is 1. The van der Waals surface area contributed by atoms with Crippen molar-refractivity contribution in [3.05, 3.63) is 35.3 Å². The average Bonchev–Trinajstić information content (AvgIpc) is 3.26. The van der Waals surface area contributed by atoms with Crippen LogP contribution in [0.4, 0.5) is 24.0 Å². The van der Waals surface area contributed by atoms with Gasteiger partial charge in [0, 0.05) is 37.1 Å². The summed E-state index contributed by atoms with van der Waals surface area (Å²) in [6.45, 7) is 2.60. The Balaban J connectivity index is 0.00000280. The molecule has 3 rings (SSSR count). The fraction of sp³-hybridized carbons (Fsp3) is 0.412. The standard InChI is InChI=1S/C17H20F3N5OS.HI/c18-17(19,20)26-14-5-3-12(4-6-14)23-15(21)22-8-7-13-11-27-16(24-13)25-9-1-2-10-25;/h3-6,11H,1-2,7-10H2,(H3,21,22,23);1H. The van der Waals surface area contributed by atoms with E-state index in [1.165, 1.54) is 37.1 Å². The third-order valence-electron chi connectivity index (χ3n) is 3.93. The molecule has 1 aliphatic rings. The largest absolute Gasteiger partial charge is 0.573 e. The molecule has 2 heterocycles. The first kappa shape index (κ1) is 22.5. The van der Waals surface area contributed by atoms with E-state index in [-0.39, 0.29) is 35.7 Å². The maximum absolute atomic E-state index is 12.1. The van der Waals surface area contributed by atoms with Gasteiger partial charge in [-0.1, -0.05) is 0 Å². The molecule has 0 radical (unpaired) electrons. The summed E-state index contributed by atoms with van der Waals surface area (Å²) in [7, 11) is 0. The summed E-state index contributed by atoms with van der Waals surface area (Å²) >= 11 is 1.64. The second kappa shape index (κ2) is 10.1. The molecule has 0 aliphatic carbocycles. The molecule has 154 valence electrons. The molecule has 0 amide bonds. The molecule has 0 spiro atoms. The molecular formula is C17H21F3IN5OS. The first-order chi connectivity index (χ1) is 12.9. The molecule has 1 aromatic heterocycles. The fourth-order valence-corrected chi connectivity index (χ4v) is 3.60. The maximum Gasteiger partial charge on any atom is 0.573 e. The van der Waals surface area contributed by atoms with Crippen LogP contribution in [0.2, 0.25) is 0 Å². The van der Waals surface area contributed by atoms with Gasteiger partial charge in [-0.2, -0.15) is 0 Å². The molecule has 2 aromatic rings. The van der Waals surface area contributed by atoms with Crippen molar-refractivity contribution in [2.45, 2.75) is 25.6 Å². The van der Waals surface area contributed by atoms with Gasteiger partial charge in [-0.3, -0.25) is 4.99 Å². The minimum atomic E-state index is -4.71. The molecule has 1 fully saturated rings. The van der Waals surface area contributed by atoms with E-state index in [0.717, 1.165) is 23.9 Å². The Morgan fingerprint density at radius 3 is 2.57 bits per heavy atom. The maximum atomic E-state index is 12.1. The van der Waals surface area contributed by atoms with Gasteiger partial charge < -0.3 is 20.7 Å². The molecule has 0 bridgehead atoms. The lowest BCUT2D eigenvalue weighted by molar-refractivity contribution is -0.274. The van der Waals surface area contributed by atoms with Crippen molar-refractivity contribution >= 4 is 52.1 Å². The Morgan fingerprint density at radius 1 is 1.25 bits per heavy atom. The quantitative estimate of drug-likeness (QED) is 0.334. The van der Waals surface area contributed by atoms with Gasteiger partial charge >= 0.3 is 6.36 Å². The lowest BCUT2D eigenvalue weighted by Gasteiger charge is -2.12. The van der Waals surface area contributed by atoms with E-state index < -0.39 is 6.36 Å². The molecular weight excluding hydrogens is 506 g/mol. The molecule has 28 heavy (non-hydrogen) atoms. The Bertz CT molecular complexity index is 776. The number of alkyl halides is 3. The normalized spacial score (nSPS) is 14.7. The minimum Gasteiger partial charge on any atom is -0.406 e. The van der Waals surface area contributed by atoms with E-state index in [4.69, 9.17) is 5.73 Å². The minimum absolute atomic E-state index is 0. The summed E-state index contributed by atoms with van der Waals surface area (Å²) < 4.78 is 40.2. The molecule has 6 nitrogen and oxygen atoms in total. The number of ether oxygens (including phenoxy) is 1. The lowest BCUT2D eigenvalue weighted by Crippen LogP contribution is -2.23. The number of halogens is 4. The third-order valence-corrected chi connectivity index (χ3v) is 4.88. The van der Waals surface area contributed by atoms with Crippen LogP contribution in [0.1, 0.15) is 18.5 Å². The van der Waals surface area contributed by atoms with Crippen molar-refractivity contribution in [3.63, 3.8) is 0 Å². The number of nitrogens with zero attached hydrogens (tertiary/aromatic N) is 3. The molecule has 11 heteroatoms. The number of hydrogen-bond acceptors (Lipinski definition) is 5. The van der Waals surface area contributed by atoms with Crippen LogP contribution in [-0.2, 0) is 6.42 Å². The number of nitrogens with two attached hydrogens (primary N) is 1. The highest BCUT2D eigenvalue weighted by atomic mass is 127. The first-order valence-electron chi connectivity index (χ1n) is 8.51. The third kappa shape index (κ3) is 7.00. The molecule has 0 unspecified atom stereocenters. The van der Waals surface area contributed by atoms with Crippen molar-refractivity contribution < 1.29 is 17.9 Å². The molecule has 3 N–H and O–H groups in total. The van der Waals surface area contributed by atoms with E-state index in [2.05, 4.69) is 24.9 Å². The SMILES string of the molecule is I.NC(=NCCc1csc(N2CCCC2)n1)Nc1ccc(OC(F)(F)F)cc1. The highest BCUT2D eigenvalue weighted by Gasteiger charge is 2.30. The Morgan fingerprint density at radius 2 is 1.93 bits per heavy atom. The zero-order valence-corrected chi connectivity index (χ0v) is 18.1. The Hall–Kier alpha value is -1.76. The highest BCUT2D eigenvalue weighted by molar-refractivity contribution is 14.0. The Kier molecular flexibility index (Phi) is 8.16. The second-order valence-electron chi connectivity index (χ2n) is 6.03. The van der Waals surface area contributed by atoms with Gasteiger partial charge in [0.05, 0.1) is 5.69 Å². The van der Waals surface area contributed by atoms with Crippen molar-refractivity contribution in [1.82, 2.24) is 4.98 Å². The molecule has 1 aromatic carbocycles. The number of benzene rings is 1. The number of aromatic nitrogens is 1. The van der Waals surface area contributed by atoms with E-state index in [9.17, 15) is 13.2 Å². The van der Waals surface area contributed by atoms with E-state index >= 15 is 0 Å². The number of hydrogen-bond donors (Lipinski definition) is 2. The van der Waals surface area contributed by atoms with E-state index in [1.807, 2.05) is 5.38 Å². The smallest absolute Gasteiger partial charge is 0.406 e. The predicted molar refractivity (Wildman–Crippen MR) is 116 cm³/mol. The fourth-order valence-electron chi connectivity index (χ4n) is 2.68. The van der Waals surface area contributed by atoms with Gasteiger partial charge in [0.25, 0.3) is 0 Å². The van der Waals surface area contributed by atoms with Gasteiger partial charge in [0.1, 0.15) is 5.75 Å². The number of guanidine groups is 1. The van der Waals surface area contributed by atoms with Gasteiger partial charge in [0.15, 0.2) is 11.1 Å². The van der Waals surface area contributed by atoms with Crippen LogP contribution in [-0.4, -0.2) is 36.9 Å². The number of aliphatic imine (C=N–C) groups is 1. The van der Waals surface area contributed by atoms with Crippen molar-refractivity contribution in [1.29, 1.82) is 0 Å². The number of thiazole rings is 1. The van der Waals surface area contributed by atoms with Crippen molar-refractivity contribution in [3.8, 4) is 5.75 Å². The summed E-state index contributed by atoms with van der Waals surface area (Å²) in [5, 5.41) is 5.92. The van der Waals surface area contributed by atoms with Crippen LogP contribution in [0.5, 0.6) is 5.75 Å². The van der Waals surface area contributed by atoms with E-state index in [1.54, 1.807) is 11.3 Å². The predicted octanol–water partition coefficient (Wildman–Crippen LogP) is 4.23. The van der Waals surface area contributed by atoms with Crippen molar-refractivity contribution in [2.75, 3.05) is 29.9 Å². The highest BCUT2D eigenvalue weighted by Crippen LogP contribution is 2.25. The van der Waals surface area contributed by atoms with Crippen LogP contribution in [0.3, 0.4) is 0 Å². The summed E-state index contributed by atoms with van der Waals surface area (Å²) in [5.41, 5.74) is 7.32. The number of anilines is 2. The summed E-state index contributed by atoms with van der Waals surface area (Å²) in [6, 6.07) is 5.29. The molecule has 1 aliphatic heterocycles. The average molecular weight is 527 g/mol. The lowest BCUT2D eigenvalue weighted by atomic mass is 10.3. The van der Waals surface area contributed by atoms with Crippen LogP contribution in [0.15, 0.2) is 34.6 Å². The zero-order valence-electron chi connectivity index (χ0n) is 14.9. The van der Waals surface area contributed by atoms with Gasteiger partial charge in [-0.25, -0.2) is 4.98 Å². The van der Waals surface area contributed by atoms with Crippen LogP contribution in [0, 0.1) is 0 Å². The molecule has 0 atom stereocenters. The summed E-state index contributed by atoms with van der Waals surface area (Å²) in [6.07, 6.45) is -1.61. The van der Waals surface area contributed by atoms with Crippen molar-refractivity contribution in [2.24, 2.45) is 10.7 Å². The van der Waals surface area contributed by atoms with Crippen LogP contribution in [0.25, 0.3) is 0 Å². The molecule has 0 saturated carbocycles. The zero-order chi connectivity index (χ0) is 19.3. The topological polar surface area (TPSA) is 75.8 Å². The summed E-state index contributed by atoms with van der Waals surface area (Å²) in [4.78, 5) is 11.1. The molecule has 1 saturated heterocycles. The summed E-state index contributed by atoms with van der Waals surface area (Å²) in [5.74, 6) is -0.101. The first-order valence-corrected chi connectivity index (χ1v) is 9.39. The van der Waals surface area contributed by atoms with Gasteiger partial charge in [-0.15, -0.1) is 48.5 Å².